The van der Waals surface area contributed by atoms with Crippen LogP contribution in [-0.4, -0.2) is 25.5 Å². The summed E-state index contributed by atoms with van der Waals surface area (Å²) in [6, 6.07) is 15.5. The van der Waals surface area contributed by atoms with E-state index in [4.69, 9.17) is 4.42 Å². The Kier molecular flexibility index (Phi) is 5.27. The number of benzene rings is 1. The van der Waals surface area contributed by atoms with Gasteiger partial charge in [0.05, 0.1) is 19.3 Å². The number of aromatic nitrogens is 4. The normalized spacial score (nSPS) is 11.6. The third-order valence-electron chi connectivity index (χ3n) is 4.87. The summed E-state index contributed by atoms with van der Waals surface area (Å²) in [7, 11) is 0. The molecule has 0 aliphatic heterocycles. The Hall–Kier alpha value is -3.61. The Bertz CT molecular complexity index is 1120. The topological polar surface area (TPSA) is 77.9 Å². The quantitative estimate of drug-likeness (QED) is 0.520. The standard InChI is InChI=1S/C23H25N5O2/c1-23(2,3)18-7-5-17(6-8-18)15-28-21(11-13-25-28)26-22(29)20-10-9-19(30-20)16-27-14-4-12-24-27/h4-14H,15-16H2,1-3H3,(H,26,29). The first-order chi connectivity index (χ1) is 14.4. The SMILES string of the molecule is CC(C)(C)c1ccc(Cn2nccc2NC(=O)c2ccc(Cn3cccn3)o2)cc1. The van der Waals surface area contributed by atoms with E-state index in [1.165, 1.54) is 5.56 Å². The number of nitrogens with one attached hydrogen (secondary N) is 1. The van der Waals surface area contributed by atoms with Crippen LogP contribution < -0.4 is 5.32 Å². The minimum Gasteiger partial charge on any atom is -0.454 e. The molecule has 3 aromatic heterocycles. The monoisotopic (exact) mass is 403 g/mol. The Morgan fingerprint density at radius 3 is 2.50 bits per heavy atom. The lowest BCUT2D eigenvalue weighted by atomic mass is 9.87. The zero-order valence-corrected chi connectivity index (χ0v) is 17.4. The number of rotatable bonds is 6. The number of furan rings is 1. The lowest BCUT2D eigenvalue weighted by Crippen LogP contribution is -2.16. The van der Waals surface area contributed by atoms with Gasteiger partial charge in [-0.3, -0.25) is 9.48 Å². The summed E-state index contributed by atoms with van der Waals surface area (Å²) in [4.78, 5) is 12.6. The van der Waals surface area contributed by atoms with Gasteiger partial charge < -0.3 is 9.73 Å². The predicted octanol–water partition coefficient (Wildman–Crippen LogP) is 4.32. The van der Waals surface area contributed by atoms with Gasteiger partial charge in [-0.15, -0.1) is 0 Å². The summed E-state index contributed by atoms with van der Waals surface area (Å²) in [6.07, 6.45) is 5.22. The maximum atomic E-state index is 12.6. The number of anilines is 1. The largest absolute Gasteiger partial charge is 0.454 e. The molecule has 0 unspecified atom stereocenters. The zero-order valence-electron chi connectivity index (χ0n) is 17.4. The molecule has 0 fully saturated rings. The summed E-state index contributed by atoms with van der Waals surface area (Å²) in [6.45, 7) is 7.62. The van der Waals surface area contributed by atoms with Crippen LogP contribution in [0.5, 0.6) is 0 Å². The van der Waals surface area contributed by atoms with Gasteiger partial charge in [-0.2, -0.15) is 10.2 Å². The van der Waals surface area contributed by atoms with E-state index in [1.54, 1.807) is 40.0 Å². The molecule has 154 valence electrons. The Morgan fingerprint density at radius 1 is 1.00 bits per heavy atom. The van der Waals surface area contributed by atoms with Crippen molar-refractivity contribution in [3.8, 4) is 0 Å². The number of carbonyl (C=O) groups is 1. The van der Waals surface area contributed by atoms with Crippen LogP contribution in [0.1, 0.15) is 48.2 Å². The number of carbonyl (C=O) groups excluding carboxylic acids is 1. The third kappa shape index (κ3) is 4.51. The van der Waals surface area contributed by atoms with Crippen LogP contribution in [0.4, 0.5) is 5.82 Å². The Morgan fingerprint density at radius 2 is 1.80 bits per heavy atom. The molecule has 1 amide bonds. The predicted molar refractivity (Wildman–Crippen MR) is 114 cm³/mol. The number of hydrogen-bond acceptors (Lipinski definition) is 4. The first-order valence-corrected chi connectivity index (χ1v) is 9.87. The van der Waals surface area contributed by atoms with Crippen molar-refractivity contribution < 1.29 is 9.21 Å². The molecule has 4 rings (SSSR count). The fourth-order valence-electron chi connectivity index (χ4n) is 3.16. The van der Waals surface area contributed by atoms with Crippen LogP contribution in [0.2, 0.25) is 0 Å². The molecule has 0 atom stereocenters. The number of nitrogens with zero attached hydrogens (tertiary/aromatic N) is 4. The van der Waals surface area contributed by atoms with Gasteiger partial charge in [-0.25, -0.2) is 4.68 Å². The molecular weight excluding hydrogens is 378 g/mol. The van der Waals surface area contributed by atoms with E-state index in [0.717, 1.165) is 5.56 Å². The zero-order chi connectivity index (χ0) is 21.1. The smallest absolute Gasteiger partial charge is 0.292 e. The molecule has 7 nitrogen and oxygen atoms in total. The third-order valence-corrected chi connectivity index (χ3v) is 4.87. The number of hydrogen-bond donors (Lipinski definition) is 1. The highest BCUT2D eigenvalue weighted by molar-refractivity contribution is 6.01. The van der Waals surface area contributed by atoms with Crippen molar-refractivity contribution >= 4 is 11.7 Å². The van der Waals surface area contributed by atoms with Gasteiger partial charge in [0.1, 0.15) is 11.6 Å². The molecule has 0 radical (unpaired) electrons. The summed E-state index contributed by atoms with van der Waals surface area (Å²) in [5, 5.41) is 11.4. The van der Waals surface area contributed by atoms with Crippen LogP contribution in [0.15, 0.2) is 71.5 Å². The average Bonchev–Trinajstić information content (AvgIpc) is 3.45. The molecular formula is C23H25N5O2. The summed E-state index contributed by atoms with van der Waals surface area (Å²) < 4.78 is 9.17. The maximum absolute atomic E-state index is 12.6. The van der Waals surface area contributed by atoms with Crippen molar-refractivity contribution in [2.45, 2.75) is 39.3 Å². The van der Waals surface area contributed by atoms with Crippen LogP contribution in [0.3, 0.4) is 0 Å². The van der Waals surface area contributed by atoms with Crippen molar-refractivity contribution in [3.63, 3.8) is 0 Å². The molecule has 0 spiro atoms. The molecule has 30 heavy (non-hydrogen) atoms. The van der Waals surface area contributed by atoms with Crippen molar-refractivity contribution in [1.82, 2.24) is 19.6 Å². The van der Waals surface area contributed by atoms with Gasteiger partial charge in [-0.05, 0) is 34.7 Å². The van der Waals surface area contributed by atoms with E-state index in [2.05, 4.69) is 60.6 Å². The van der Waals surface area contributed by atoms with Crippen LogP contribution in [-0.2, 0) is 18.5 Å². The second kappa shape index (κ2) is 8.02. The van der Waals surface area contributed by atoms with Crippen molar-refractivity contribution in [3.05, 3.63) is 89.8 Å². The van der Waals surface area contributed by atoms with Crippen molar-refractivity contribution in [2.75, 3.05) is 5.32 Å². The highest BCUT2D eigenvalue weighted by Crippen LogP contribution is 2.23. The van der Waals surface area contributed by atoms with Crippen LogP contribution >= 0.6 is 0 Å². The molecule has 1 N–H and O–H groups in total. The maximum Gasteiger partial charge on any atom is 0.292 e. The van der Waals surface area contributed by atoms with Gasteiger partial charge in [0.25, 0.3) is 5.91 Å². The molecule has 0 saturated carbocycles. The van der Waals surface area contributed by atoms with Crippen molar-refractivity contribution in [1.29, 1.82) is 0 Å². The average molecular weight is 403 g/mol. The highest BCUT2D eigenvalue weighted by atomic mass is 16.4. The highest BCUT2D eigenvalue weighted by Gasteiger charge is 2.15. The second-order valence-corrected chi connectivity index (χ2v) is 8.24. The minimum atomic E-state index is -0.313. The van der Waals surface area contributed by atoms with Gasteiger partial charge in [0.2, 0.25) is 0 Å². The van der Waals surface area contributed by atoms with E-state index in [1.807, 2.05) is 12.3 Å². The van der Waals surface area contributed by atoms with Gasteiger partial charge in [0, 0.05) is 18.5 Å². The molecule has 0 aliphatic rings. The fraction of sp³-hybridized carbons (Fsp3) is 0.261. The molecule has 3 heterocycles. The second-order valence-electron chi connectivity index (χ2n) is 8.24. The first-order valence-electron chi connectivity index (χ1n) is 9.87. The summed E-state index contributed by atoms with van der Waals surface area (Å²) in [5.41, 5.74) is 2.51. The molecule has 0 saturated heterocycles. The Balaban J connectivity index is 1.42. The summed E-state index contributed by atoms with van der Waals surface area (Å²) >= 11 is 0. The van der Waals surface area contributed by atoms with Crippen molar-refractivity contribution in [2.24, 2.45) is 0 Å². The Labute approximate surface area is 175 Å². The minimum absolute atomic E-state index is 0.114. The van der Waals surface area contributed by atoms with E-state index in [9.17, 15) is 4.79 Å². The summed E-state index contributed by atoms with van der Waals surface area (Å²) in [5.74, 6) is 1.22. The van der Waals surface area contributed by atoms with E-state index >= 15 is 0 Å². The van der Waals surface area contributed by atoms with Crippen LogP contribution in [0.25, 0.3) is 0 Å². The van der Waals surface area contributed by atoms with Gasteiger partial charge in [0.15, 0.2) is 5.76 Å². The first kappa shape index (κ1) is 19.7. The molecule has 4 aromatic rings. The van der Waals surface area contributed by atoms with Gasteiger partial charge in [-0.1, -0.05) is 45.0 Å². The van der Waals surface area contributed by atoms with E-state index in [0.29, 0.717) is 24.7 Å². The molecule has 0 aliphatic carbocycles. The van der Waals surface area contributed by atoms with E-state index in [-0.39, 0.29) is 17.1 Å². The van der Waals surface area contributed by atoms with Gasteiger partial charge >= 0.3 is 0 Å². The van der Waals surface area contributed by atoms with Crippen LogP contribution in [0, 0.1) is 0 Å². The molecule has 1 aromatic carbocycles. The fourth-order valence-corrected chi connectivity index (χ4v) is 3.16. The lowest BCUT2D eigenvalue weighted by molar-refractivity contribution is 0.0993. The number of amides is 1. The molecule has 0 bridgehead atoms. The van der Waals surface area contributed by atoms with E-state index < -0.39 is 0 Å². The molecule has 7 heteroatoms. The lowest BCUT2D eigenvalue weighted by Gasteiger charge is -2.19.